The SMILES string of the molecule is COc1cc(OC)c(NC(=O)Nc2nccs2)cc1Cl. The first-order chi connectivity index (χ1) is 9.63. The molecule has 1 aromatic carbocycles. The molecule has 106 valence electrons. The number of thiazole rings is 1. The van der Waals surface area contributed by atoms with Crippen LogP contribution in [0, 0.1) is 0 Å². The Kier molecular flexibility index (Phi) is 4.65. The maximum Gasteiger partial charge on any atom is 0.325 e. The lowest BCUT2D eigenvalue weighted by atomic mass is 10.2. The van der Waals surface area contributed by atoms with Crippen molar-refractivity contribution in [2.75, 3.05) is 24.9 Å². The number of amides is 2. The topological polar surface area (TPSA) is 72.5 Å². The van der Waals surface area contributed by atoms with Gasteiger partial charge in [0.25, 0.3) is 0 Å². The van der Waals surface area contributed by atoms with Crippen LogP contribution in [0.25, 0.3) is 0 Å². The Balaban J connectivity index is 2.15. The van der Waals surface area contributed by atoms with Crippen LogP contribution in [0.5, 0.6) is 11.5 Å². The van der Waals surface area contributed by atoms with Crippen LogP contribution in [-0.2, 0) is 0 Å². The van der Waals surface area contributed by atoms with Crippen LogP contribution in [-0.4, -0.2) is 25.2 Å². The molecule has 20 heavy (non-hydrogen) atoms. The minimum Gasteiger partial charge on any atom is -0.495 e. The van der Waals surface area contributed by atoms with Gasteiger partial charge in [0, 0.05) is 17.6 Å². The lowest BCUT2D eigenvalue weighted by Gasteiger charge is -2.13. The van der Waals surface area contributed by atoms with Crippen molar-refractivity contribution in [3.63, 3.8) is 0 Å². The maximum absolute atomic E-state index is 11.8. The molecule has 0 atom stereocenters. The number of ether oxygens (including phenoxy) is 2. The van der Waals surface area contributed by atoms with Gasteiger partial charge in [0.1, 0.15) is 11.5 Å². The van der Waals surface area contributed by atoms with Gasteiger partial charge in [0.15, 0.2) is 5.13 Å². The molecule has 2 amide bonds. The van der Waals surface area contributed by atoms with Gasteiger partial charge in [0.05, 0.1) is 24.9 Å². The molecule has 0 aliphatic carbocycles. The van der Waals surface area contributed by atoms with Gasteiger partial charge in [-0.15, -0.1) is 11.3 Å². The van der Waals surface area contributed by atoms with Crippen molar-refractivity contribution in [3.05, 3.63) is 28.7 Å². The highest BCUT2D eigenvalue weighted by Crippen LogP contribution is 2.35. The maximum atomic E-state index is 11.8. The van der Waals surface area contributed by atoms with E-state index in [0.29, 0.717) is 27.3 Å². The van der Waals surface area contributed by atoms with Crippen LogP contribution in [0.4, 0.5) is 15.6 Å². The molecule has 0 saturated carbocycles. The average Bonchev–Trinajstić information content (AvgIpc) is 2.91. The molecule has 8 heteroatoms. The van der Waals surface area contributed by atoms with Crippen LogP contribution in [0.15, 0.2) is 23.7 Å². The monoisotopic (exact) mass is 313 g/mol. The second kappa shape index (κ2) is 6.44. The minimum atomic E-state index is -0.431. The molecule has 0 spiro atoms. The van der Waals surface area contributed by atoms with E-state index < -0.39 is 6.03 Å². The fourth-order valence-electron chi connectivity index (χ4n) is 1.49. The first-order valence-corrected chi connectivity index (χ1v) is 6.79. The number of carbonyl (C=O) groups excluding carboxylic acids is 1. The molecule has 0 bridgehead atoms. The molecular formula is C12H12ClN3O3S. The minimum absolute atomic E-state index is 0.373. The first kappa shape index (κ1) is 14.4. The predicted molar refractivity (Wildman–Crippen MR) is 79.3 cm³/mol. The average molecular weight is 314 g/mol. The van der Waals surface area contributed by atoms with E-state index in [1.165, 1.54) is 25.6 Å². The highest BCUT2D eigenvalue weighted by atomic mass is 35.5. The number of methoxy groups -OCH3 is 2. The summed E-state index contributed by atoms with van der Waals surface area (Å²) in [6.45, 7) is 0. The standard InChI is InChI=1S/C12H12ClN3O3S/c1-18-9-6-10(19-2)8(5-7(9)13)15-11(17)16-12-14-3-4-20-12/h3-6H,1-2H3,(H2,14,15,16,17). The van der Waals surface area contributed by atoms with Crippen LogP contribution >= 0.6 is 22.9 Å². The van der Waals surface area contributed by atoms with Crippen LogP contribution in [0.3, 0.4) is 0 Å². The normalized spacial score (nSPS) is 9.95. The molecule has 1 heterocycles. The summed E-state index contributed by atoms with van der Waals surface area (Å²) in [7, 11) is 3.00. The van der Waals surface area contributed by atoms with Crippen molar-refractivity contribution >= 4 is 39.8 Å². The Morgan fingerprint density at radius 1 is 1.25 bits per heavy atom. The summed E-state index contributed by atoms with van der Waals surface area (Å²) in [6, 6.07) is 2.72. The van der Waals surface area contributed by atoms with Crippen molar-refractivity contribution < 1.29 is 14.3 Å². The molecule has 1 aromatic heterocycles. The van der Waals surface area contributed by atoms with Crippen molar-refractivity contribution in [2.24, 2.45) is 0 Å². The van der Waals surface area contributed by atoms with Gasteiger partial charge in [-0.05, 0) is 6.07 Å². The number of rotatable bonds is 4. The third-order valence-corrected chi connectivity index (χ3v) is 3.36. The van der Waals surface area contributed by atoms with E-state index in [-0.39, 0.29) is 0 Å². The third-order valence-electron chi connectivity index (χ3n) is 2.37. The lowest BCUT2D eigenvalue weighted by molar-refractivity contribution is 0.262. The number of hydrogen-bond donors (Lipinski definition) is 2. The molecule has 6 nitrogen and oxygen atoms in total. The fourth-order valence-corrected chi connectivity index (χ4v) is 2.26. The summed E-state index contributed by atoms with van der Waals surface area (Å²) < 4.78 is 10.3. The summed E-state index contributed by atoms with van der Waals surface area (Å²) in [5.41, 5.74) is 0.437. The third kappa shape index (κ3) is 3.31. The van der Waals surface area contributed by atoms with Gasteiger partial charge in [0.2, 0.25) is 0 Å². The summed E-state index contributed by atoms with van der Waals surface area (Å²) in [4.78, 5) is 15.8. The number of anilines is 2. The lowest BCUT2D eigenvalue weighted by Crippen LogP contribution is -2.19. The van der Waals surface area contributed by atoms with E-state index in [2.05, 4.69) is 15.6 Å². The Labute approximate surface area is 124 Å². The summed E-state index contributed by atoms with van der Waals surface area (Å²) >= 11 is 7.34. The van der Waals surface area contributed by atoms with Crippen LogP contribution < -0.4 is 20.1 Å². The summed E-state index contributed by atoms with van der Waals surface area (Å²) in [5, 5.41) is 7.88. The van der Waals surface area contributed by atoms with Crippen LogP contribution in [0.1, 0.15) is 0 Å². The van der Waals surface area contributed by atoms with E-state index in [1.807, 2.05) is 0 Å². The van der Waals surface area contributed by atoms with Crippen molar-refractivity contribution in [3.8, 4) is 11.5 Å². The Morgan fingerprint density at radius 3 is 2.60 bits per heavy atom. The molecular weight excluding hydrogens is 302 g/mol. The van der Waals surface area contributed by atoms with E-state index >= 15 is 0 Å². The molecule has 2 N–H and O–H groups in total. The Bertz CT molecular complexity index is 604. The molecule has 2 rings (SSSR count). The highest BCUT2D eigenvalue weighted by molar-refractivity contribution is 7.13. The number of nitrogens with one attached hydrogen (secondary N) is 2. The van der Waals surface area contributed by atoms with Gasteiger partial charge in [-0.3, -0.25) is 5.32 Å². The Morgan fingerprint density at radius 2 is 2.00 bits per heavy atom. The number of hydrogen-bond acceptors (Lipinski definition) is 5. The number of aromatic nitrogens is 1. The van der Waals surface area contributed by atoms with E-state index in [1.54, 1.807) is 23.7 Å². The van der Waals surface area contributed by atoms with Gasteiger partial charge < -0.3 is 14.8 Å². The van der Waals surface area contributed by atoms with Crippen molar-refractivity contribution in [1.29, 1.82) is 0 Å². The zero-order valence-corrected chi connectivity index (χ0v) is 12.3. The number of urea groups is 1. The molecule has 0 radical (unpaired) electrons. The number of nitrogens with zero attached hydrogens (tertiary/aromatic N) is 1. The highest BCUT2D eigenvalue weighted by Gasteiger charge is 2.13. The van der Waals surface area contributed by atoms with Crippen molar-refractivity contribution in [2.45, 2.75) is 0 Å². The van der Waals surface area contributed by atoms with Gasteiger partial charge in [-0.1, -0.05) is 11.6 Å². The zero-order chi connectivity index (χ0) is 14.5. The van der Waals surface area contributed by atoms with E-state index in [4.69, 9.17) is 21.1 Å². The van der Waals surface area contributed by atoms with Crippen molar-refractivity contribution in [1.82, 2.24) is 4.98 Å². The Hall–Kier alpha value is -1.99. The molecule has 0 aliphatic heterocycles. The van der Waals surface area contributed by atoms with Gasteiger partial charge in [-0.25, -0.2) is 9.78 Å². The predicted octanol–water partition coefficient (Wildman–Crippen LogP) is 3.46. The van der Waals surface area contributed by atoms with Gasteiger partial charge in [-0.2, -0.15) is 0 Å². The molecule has 0 fully saturated rings. The van der Waals surface area contributed by atoms with Crippen LogP contribution in [0.2, 0.25) is 5.02 Å². The first-order valence-electron chi connectivity index (χ1n) is 5.53. The number of halogens is 1. The molecule has 0 saturated heterocycles. The molecule has 0 unspecified atom stereocenters. The number of benzene rings is 1. The van der Waals surface area contributed by atoms with Gasteiger partial charge >= 0.3 is 6.03 Å². The van der Waals surface area contributed by atoms with E-state index in [9.17, 15) is 4.79 Å². The summed E-state index contributed by atoms with van der Waals surface area (Å²) in [6.07, 6.45) is 1.60. The largest absolute Gasteiger partial charge is 0.495 e. The zero-order valence-electron chi connectivity index (χ0n) is 10.8. The second-order valence-electron chi connectivity index (χ2n) is 3.60. The molecule has 0 aliphatic rings. The number of carbonyl (C=O) groups is 1. The quantitative estimate of drug-likeness (QED) is 0.906. The smallest absolute Gasteiger partial charge is 0.325 e. The summed E-state index contributed by atoms with van der Waals surface area (Å²) in [5.74, 6) is 0.912. The fraction of sp³-hybridized carbons (Fsp3) is 0.167. The second-order valence-corrected chi connectivity index (χ2v) is 4.91. The molecule has 2 aromatic rings. The van der Waals surface area contributed by atoms with E-state index in [0.717, 1.165) is 0 Å².